The zero-order chi connectivity index (χ0) is 32.6. The third kappa shape index (κ3) is 4.56. The molecule has 10 heteroatoms. The molecule has 0 radical (unpaired) electrons. The highest BCUT2D eigenvalue weighted by molar-refractivity contribution is 5.93. The number of rotatable bonds is 6. The van der Waals surface area contributed by atoms with Crippen LogP contribution in [0.15, 0.2) is 36.4 Å². The third-order valence-electron chi connectivity index (χ3n) is 10.8. The minimum absolute atomic E-state index is 0.0942. The number of hydrogen-bond donors (Lipinski definition) is 5. The fourth-order valence-corrected chi connectivity index (χ4v) is 8.63. The van der Waals surface area contributed by atoms with Crippen molar-refractivity contribution in [2.45, 2.75) is 75.5 Å². The summed E-state index contributed by atoms with van der Waals surface area (Å²) in [4.78, 5) is 0. The van der Waals surface area contributed by atoms with Gasteiger partial charge in [-0.3, -0.25) is 5.32 Å². The predicted molar refractivity (Wildman–Crippen MR) is 176 cm³/mol. The molecule has 0 spiro atoms. The molecule has 1 fully saturated rings. The van der Waals surface area contributed by atoms with E-state index in [0.29, 0.717) is 29.9 Å². The molecule has 8 rings (SSSR count). The maximum absolute atomic E-state index is 12.1. The van der Waals surface area contributed by atoms with E-state index in [1.165, 1.54) is 14.2 Å². The monoisotopic (exact) mass is 642 g/mol. The van der Waals surface area contributed by atoms with E-state index in [1.54, 1.807) is 19.2 Å². The number of nitrogens with one attached hydrogen (secondary N) is 2. The number of fused-ring (bicyclic) bond motifs is 3. The number of aromatic hydroxyl groups is 1. The maximum atomic E-state index is 12.1. The van der Waals surface area contributed by atoms with Crippen molar-refractivity contribution in [3.05, 3.63) is 64.2 Å². The Bertz CT molecular complexity index is 1760. The molecule has 0 bridgehead atoms. The number of aliphatic hydroxyl groups excluding tert-OH is 2. The van der Waals surface area contributed by atoms with E-state index >= 15 is 0 Å². The van der Waals surface area contributed by atoms with Crippen LogP contribution in [-0.2, 0) is 12.8 Å². The highest BCUT2D eigenvalue weighted by Gasteiger charge is 2.47. The summed E-state index contributed by atoms with van der Waals surface area (Å²) in [5.41, 5.74) is 6.13. The fourth-order valence-electron chi connectivity index (χ4n) is 8.63. The van der Waals surface area contributed by atoms with Gasteiger partial charge >= 0.3 is 0 Å². The van der Waals surface area contributed by atoms with Gasteiger partial charge in [0.25, 0.3) is 0 Å². The highest BCUT2D eigenvalue weighted by atomic mass is 16.5. The van der Waals surface area contributed by atoms with Gasteiger partial charge in [0.05, 0.1) is 39.6 Å². The van der Waals surface area contributed by atoms with Crippen LogP contribution in [0.25, 0.3) is 11.1 Å². The van der Waals surface area contributed by atoms with Crippen LogP contribution in [0, 0.1) is 5.92 Å². The fraction of sp³-hybridized carbons (Fsp3) is 0.459. The Kier molecular flexibility index (Phi) is 7.23. The molecule has 3 aromatic rings. The third-order valence-corrected chi connectivity index (χ3v) is 10.8. The first-order valence-electron chi connectivity index (χ1n) is 16.6. The lowest BCUT2D eigenvalue weighted by atomic mass is 9.74. The molecular formula is C37H42N2O8. The van der Waals surface area contributed by atoms with E-state index in [0.717, 1.165) is 70.5 Å². The standard InChI is InChI=1S/C37H42N2O8/c1-18-8-9-20-7-5-6-12-37(20,39-18)47-27-16-25(43-2)21-10-11-22-30-24(38-36(42)33(27)32(21)30)15-26-31(22)34(40)23(17-46-26)19-13-28(44-3)35(41)29(14-19)45-4/h8-9,13-16,18,20,23,34,36,38-42H,5-7,10-12,17H2,1-4H3/t18-,20+,23-,34-,36-,37-/m0/s1. The molecule has 248 valence electrons. The summed E-state index contributed by atoms with van der Waals surface area (Å²) in [6.45, 7) is 2.35. The second-order valence-electron chi connectivity index (χ2n) is 13.4. The molecule has 10 nitrogen and oxygen atoms in total. The molecule has 47 heavy (non-hydrogen) atoms. The van der Waals surface area contributed by atoms with Gasteiger partial charge in [-0.2, -0.15) is 0 Å². The van der Waals surface area contributed by atoms with Gasteiger partial charge in [0, 0.05) is 64.4 Å². The Morgan fingerprint density at radius 3 is 2.34 bits per heavy atom. The number of methoxy groups -OCH3 is 3. The van der Waals surface area contributed by atoms with E-state index in [4.69, 9.17) is 23.7 Å². The quantitative estimate of drug-likeness (QED) is 0.216. The van der Waals surface area contributed by atoms with E-state index in [2.05, 4.69) is 29.7 Å². The summed E-state index contributed by atoms with van der Waals surface area (Å²) in [5.74, 6) is 2.11. The van der Waals surface area contributed by atoms with Crippen LogP contribution in [0.3, 0.4) is 0 Å². The van der Waals surface area contributed by atoms with E-state index in [9.17, 15) is 15.3 Å². The Morgan fingerprint density at radius 2 is 1.60 bits per heavy atom. The Morgan fingerprint density at radius 1 is 0.851 bits per heavy atom. The first-order chi connectivity index (χ1) is 22.8. The van der Waals surface area contributed by atoms with Crippen molar-refractivity contribution in [2.24, 2.45) is 5.92 Å². The summed E-state index contributed by atoms with van der Waals surface area (Å²) in [6.07, 6.45) is 7.98. The van der Waals surface area contributed by atoms with Gasteiger partial charge < -0.3 is 44.3 Å². The van der Waals surface area contributed by atoms with Crippen molar-refractivity contribution in [2.75, 3.05) is 33.3 Å². The number of phenols is 1. The van der Waals surface area contributed by atoms with Crippen molar-refractivity contribution < 1.29 is 39.0 Å². The van der Waals surface area contributed by atoms with Gasteiger partial charge in [-0.1, -0.05) is 18.6 Å². The van der Waals surface area contributed by atoms with Gasteiger partial charge in [-0.05, 0) is 55.9 Å². The minimum Gasteiger partial charge on any atom is -0.502 e. The molecular weight excluding hydrogens is 600 g/mol. The number of benzene rings is 3. The molecule has 5 N–H and O–H groups in total. The van der Waals surface area contributed by atoms with Gasteiger partial charge in [0.1, 0.15) is 17.2 Å². The molecule has 3 aliphatic heterocycles. The topological polar surface area (TPSA) is 131 Å². The smallest absolute Gasteiger partial charge is 0.200 e. The summed E-state index contributed by atoms with van der Waals surface area (Å²) in [6, 6.07) is 7.43. The number of phenolic OH excluding ortho intramolecular Hbond substituents is 1. The molecule has 2 aliphatic carbocycles. The van der Waals surface area contributed by atoms with Gasteiger partial charge in [-0.15, -0.1) is 0 Å². The number of aliphatic hydroxyl groups is 2. The van der Waals surface area contributed by atoms with Crippen molar-refractivity contribution in [3.63, 3.8) is 0 Å². The molecule has 5 aliphatic rings. The molecule has 3 heterocycles. The van der Waals surface area contributed by atoms with Crippen molar-refractivity contribution in [3.8, 4) is 45.6 Å². The molecule has 0 aromatic heterocycles. The van der Waals surface area contributed by atoms with Gasteiger partial charge in [0.15, 0.2) is 23.5 Å². The van der Waals surface area contributed by atoms with Crippen molar-refractivity contribution >= 4 is 5.69 Å². The van der Waals surface area contributed by atoms with Crippen LogP contribution >= 0.6 is 0 Å². The molecule has 0 saturated heterocycles. The Hall–Kier alpha value is -4.12. The van der Waals surface area contributed by atoms with Crippen LogP contribution in [0.2, 0.25) is 0 Å². The average Bonchev–Trinajstić information content (AvgIpc) is 3.07. The lowest BCUT2D eigenvalue weighted by molar-refractivity contribution is -0.0467. The normalized spacial score (nSPS) is 28.2. The maximum Gasteiger partial charge on any atom is 0.200 e. The summed E-state index contributed by atoms with van der Waals surface area (Å²) in [5, 5.41) is 41.4. The first-order valence-corrected chi connectivity index (χ1v) is 16.6. The summed E-state index contributed by atoms with van der Waals surface area (Å²) >= 11 is 0. The van der Waals surface area contributed by atoms with Crippen molar-refractivity contribution in [1.29, 1.82) is 0 Å². The Labute approximate surface area is 274 Å². The van der Waals surface area contributed by atoms with E-state index in [-0.39, 0.29) is 35.8 Å². The second-order valence-corrected chi connectivity index (χ2v) is 13.4. The average molecular weight is 643 g/mol. The van der Waals surface area contributed by atoms with Crippen LogP contribution in [0.5, 0.6) is 34.5 Å². The van der Waals surface area contributed by atoms with Crippen LogP contribution in [0.4, 0.5) is 5.69 Å². The van der Waals surface area contributed by atoms with Gasteiger partial charge in [0.2, 0.25) is 5.75 Å². The van der Waals surface area contributed by atoms with Gasteiger partial charge in [-0.25, -0.2) is 0 Å². The van der Waals surface area contributed by atoms with E-state index < -0.39 is 24.0 Å². The lowest BCUT2D eigenvalue weighted by Gasteiger charge is -2.48. The number of hydrogen-bond acceptors (Lipinski definition) is 10. The van der Waals surface area contributed by atoms with Crippen LogP contribution in [0.1, 0.15) is 78.7 Å². The lowest BCUT2D eigenvalue weighted by Crippen LogP contribution is -2.61. The predicted octanol–water partition coefficient (Wildman–Crippen LogP) is 5.62. The van der Waals surface area contributed by atoms with Crippen LogP contribution in [-0.4, -0.2) is 55.0 Å². The molecule has 0 unspecified atom stereocenters. The highest BCUT2D eigenvalue weighted by Crippen LogP contribution is 2.58. The molecule has 1 saturated carbocycles. The summed E-state index contributed by atoms with van der Waals surface area (Å²) < 4.78 is 30.2. The number of ether oxygens (including phenoxy) is 5. The van der Waals surface area contributed by atoms with E-state index in [1.807, 2.05) is 12.1 Å². The second kappa shape index (κ2) is 11.2. The number of anilines is 1. The minimum atomic E-state index is -1.02. The SMILES string of the molecule is COc1cc([C@@H]2COc3cc4c5c(c3[C@H]2O)CCc2c(OC)cc(O[C@@]36CCCC[C@@H]3C=C[C@H](C)N6)c(c2-5)[C@H](O)N4)cc(OC)c1O. The molecule has 6 atom stereocenters. The zero-order valence-electron chi connectivity index (χ0n) is 27.2. The van der Waals surface area contributed by atoms with Crippen LogP contribution < -0.4 is 34.3 Å². The Balaban J connectivity index is 1.27. The van der Waals surface area contributed by atoms with Crippen molar-refractivity contribution in [1.82, 2.24) is 5.32 Å². The summed E-state index contributed by atoms with van der Waals surface area (Å²) in [7, 11) is 4.64. The molecule has 3 aromatic carbocycles. The first kappa shape index (κ1) is 30.2. The zero-order valence-corrected chi connectivity index (χ0v) is 27.2. The largest absolute Gasteiger partial charge is 0.502 e. The molecule has 0 amide bonds.